The fourth-order valence-corrected chi connectivity index (χ4v) is 1.91. The van der Waals surface area contributed by atoms with Gasteiger partial charge in [-0.3, -0.25) is 0 Å². The summed E-state index contributed by atoms with van der Waals surface area (Å²) in [6.45, 7) is 4.13. The van der Waals surface area contributed by atoms with Gasteiger partial charge in [-0.05, 0) is 26.0 Å². The van der Waals surface area contributed by atoms with E-state index in [-0.39, 0.29) is 11.9 Å². The molecule has 100 valence electrons. The van der Waals surface area contributed by atoms with Crippen LogP contribution in [-0.4, -0.2) is 20.6 Å². The maximum Gasteiger partial charge on any atom is 0.372 e. The number of rotatable bonds is 5. The minimum atomic E-state index is -1.03. The average molecular weight is 260 g/mol. The summed E-state index contributed by atoms with van der Waals surface area (Å²) in [5, 5.41) is 9.09. The molecule has 1 heterocycles. The number of aromatic nitrogens is 2. The zero-order valence-corrected chi connectivity index (χ0v) is 10.9. The Bertz CT molecular complexity index is 561. The van der Waals surface area contributed by atoms with Crippen LogP contribution in [0.3, 0.4) is 0 Å². The zero-order chi connectivity index (χ0) is 13.8. The maximum atomic E-state index is 11.1. The monoisotopic (exact) mass is 260 g/mol. The van der Waals surface area contributed by atoms with Gasteiger partial charge in [0.25, 0.3) is 0 Å². The maximum absolute atomic E-state index is 11.1. The van der Waals surface area contributed by atoms with Crippen LogP contribution in [0.5, 0.6) is 5.75 Å². The van der Waals surface area contributed by atoms with E-state index in [1.807, 2.05) is 44.2 Å². The standard InChI is InChI=1S/C14H16N2O3/c1-10(2)16-11(8-15-13(16)14(17)18)9-19-12-6-4-3-5-7-12/h3-8,10H,9H2,1-2H3,(H,17,18). The first kappa shape index (κ1) is 13.1. The number of benzene rings is 1. The highest BCUT2D eigenvalue weighted by atomic mass is 16.5. The average Bonchev–Trinajstić information content (AvgIpc) is 2.81. The van der Waals surface area contributed by atoms with Crippen molar-refractivity contribution in [2.24, 2.45) is 0 Å². The van der Waals surface area contributed by atoms with E-state index in [0.717, 1.165) is 11.4 Å². The predicted molar refractivity (Wildman–Crippen MR) is 70.3 cm³/mol. The molecule has 5 heteroatoms. The van der Waals surface area contributed by atoms with E-state index in [9.17, 15) is 4.79 Å². The van der Waals surface area contributed by atoms with Crippen molar-refractivity contribution in [2.75, 3.05) is 0 Å². The Hall–Kier alpha value is -2.30. The third-order valence-electron chi connectivity index (χ3n) is 2.71. The van der Waals surface area contributed by atoms with E-state index in [2.05, 4.69) is 4.98 Å². The first-order valence-corrected chi connectivity index (χ1v) is 6.07. The fraction of sp³-hybridized carbons (Fsp3) is 0.286. The molecule has 0 aliphatic rings. The first-order chi connectivity index (χ1) is 9.09. The molecule has 0 saturated carbocycles. The van der Waals surface area contributed by atoms with Gasteiger partial charge in [-0.25, -0.2) is 9.78 Å². The third-order valence-corrected chi connectivity index (χ3v) is 2.71. The van der Waals surface area contributed by atoms with Gasteiger partial charge in [0.1, 0.15) is 12.4 Å². The number of para-hydroxylation sites is 1. The number of hydrogen-bond donors (Lipinski definition) is 1. The van der Waals surface area contributed by atoms with E-state index in [0.29, 0.717) is 6.61 Å². The highest BCUT2D eigenvalue weighted by Gasteiger charge is 2.18. The minimum absolute atomic E-state index is 0.0166. The molecular formula is C14H16N2O3. The van der Waals surface area contributed by atoms with Crippen LogP contribution in [0.25, 0.3) is 0 Å². The van der Waals surface area contributed by atoms with Crippen molar-refractivity contribution in [3.63, 3.8) is 0 Å². The van der Waals surface area contributed by atoms with Gasteiger partial charge in [-0.2, -0.15) is 0 Å². The largest absolute Gasteiger partial charge is 0.487 e. The molecule has 1 aromatic heterocycles. The topological polar surface area (TPSA) is 64.4 Å². The van der Waals surface area contributed by atoms with Crippen molar-refractivity contribution < 1.29 is 14.6 Å². The van der Waals surface area contributed by atoms with Gasteiger partial charge in [0.05, 0.1) is 11.9 Å². The van der Waals surface area contributed by atoms with Gasteiger partial charge in [-0.15, -0.1) is 0 Å². The highest BCUT2D eigenvalue weighted by molar-refractivity contribution is 5.83. The van der Waals surface area contributed by atoms with Crippen molar-refractivity contribution in [1.82, 2.24) is 9.55 Å². The second kappa shape index (κ2) is 5.56. The number of aromatic carboxylic acids is 1. The molecule has 0 saturated heterocycles. The molecule has 2 aromatic rings. The number of carboxylic acid groups (broad SMARTS) is 1. The molecule has 0 amide bonds. The lowest BCUT2D eigenvalue weighted by molar-refractivity contribution is 0.0675. The number of ether oxygens (including phenoxy) is 1. The summed E-state index contributed by atoms with van der Waals surface area (Å²) in [5.74, 6) is -0.239. The summed E-state index contributed by atoms with van der Waals surface area (Å²) >= 11 is 0. The third kappa shape index (κ3) is 2.93. The number of hydrogen-bond acceptors (Lipinski definition) is 3. The van der Waals surface area contributed by atoms with Crippen molar-refractivity contribution >= 4 is 5.97 Å². The molecule has 0 aliphatic carbocycles. The summed E-state index contributed by atoms with van der Waals surface area (Å²) < 4.78 is 7.29. The van der Waals surface area contributed by atoms with Gasteiger partial charge in [0, 0.05) is 6.04 Å². The molecule has 0 atom stereocenters. The zero-order valence-electron chi connectivity index (χ0n) is 10.9. The van der Waals surface area contributed by atoms with Crippen LogP contribution in [-0.2, 0) is 6.61 Å². The summed E-state index contributed by atoms with van der Waals surface area (Å²) in [4.78, 5) is 15.0. The Morgan fingerprint density at radius 3 is 2.63 bits per heavy atom. The Morgan fingerprint density at radius 1 is 1.37 bits per heavy atom. The van der Waals surface area contributed by atoms with E-state index in [1.54, 1.807) is 10.8 Å². The molecule has 1 aromatic carbocycles. The Balaban J connectivity index is 2.19. The van der Waals surface area contributed by atoms with Crippen LogP contribution in [0.1, 0.15) is 36.2 Å². The molecular weight excluding hydrogens is 244 g/mol. The quantitative estimate of drug-likeness (QED) is 0.897. The van der Waals surface area contributed by atoms with Gasteiger partial charge in [-0.1, -0.05) is 18.2 Å². The molecule has 0 spiro atoms. The smallest absolute Gasteiger partial charge is 0.372 e. The second-order valence-electron chi connectivity index (χ2n) is 4.44. The molecule has 0 aliphatic heterocycles. The van der Waals surface area contributed by atoms with E-state index in [1.165, 1.54) is 0 Å². The number of carboxylic acids is 1. The predicted octanol–water partition coefficient (Wildman–Crippen LogP) is 2.74. The van der Waals surface area contributed by atoms with Crippen LogP contribution < -0.4 is 4.74 Å². The molecule has 19 heavy (non-hydrogen) atoms. The summed E-state index contributed by atoms with van der Waals surface area (Å²) in [7, 11) is 0. The molecule has 1 N–H and O–H groups in total. The lowest BCUT2D eigenvalue weighted by atomic mass is 10.3. The van der Waals surface area contributed by atoms with E-state index in [4.69, 9.17) is 9.84 Å². The van der Waals surface area contributed by atoms with Crippen molar-refractivity contribution in [3.05, 3.63) is 48.0 Å². The van der Waals surface area contributed by atoms with Gasteiger partial charge in [0.15, 0.2) is 0 Å². The Labute approximate surface area is 111 Å². The summed E-state index contributed by atoms with van der Waals surface area (Å²) in [6, 6.07) is 9.41. The number of carbonyl (C=O) groups is 1. The van der Waals surface area contributed by atoms with E-state index >= 15 is 0 Å². The number of imidazole rings is 1. The van der Waals surface area contributed by atoms with Gasteiger partial charge < -0.3 is 14.4 Å². The number of nitrogens with zero attached hydrogens (tertiary/aromatic N) is 2. The van der Waals surface area contributed by atoms with Crippen molar-refractivity contribution in [3.8, 4) is 5.75 Å². The molecule has 0 bridgehead atoms. The molecule has 0 fully saturated rings. The van der Waals surface area contributed by atoms with Gasteiger partial charge in [0.2, 0.25) is 5.82 Å². The van der Waals surface area contributed by atoms with E-state index < -0.39 is 5.97 Å². The van der Waals surface area contributed by atoms with Crippen LogP contribution in [0.2, 0.25) is 0 Å². The lowest BCUT2D eigenvalue weighted by Crippen LogP contribution is -2.15. The fourth-order valence-electron chi connectivity index (χ4n) is 1.91. The first-order valence-electron chi connectivity index (χ1n) is 6.07. The van der Waals surface area contributed by atoms with Crippen molar-refractivity contribution in [1.29, 1.82) is 0 Å². The lowest BCUT2D eigenvalue weighted by Gasteiger charge is -2.14. The second-order valence-corrected chi connectivity index (χ2v) is 4.44. The highest BCUT2D eigenvalue weighted by Crippen LogP contribution is 2.17. The SMILES string of the molecule is CC(C)n1c(COc2ccccc2)cnc1C(=O)O. The van der Waals surface area contributed by atoms with Crippen LogP contribution in [0.4, 0.5) is 0 Å². The van der Waals surface area contributed by atoms with Crippen LogP contribution >= 0.6 is 0 Å². The summed E-state index contributed by atoms with van der Waals surface area (Å²) in [5.41, 5.74) is 0.747. The summed E-state index contributed by atoms with van der Waals surface area (Å²) in [6.07, 6.45) is 1.55. The normalized spacial score (nSPS) is 10.7. The Kier molecular flexibility index (Phi) is 3.85. The van der Waals surface area contributed by atoms with Gasteiger partial charge >= 0.3 is 5.97 Å². The molecule has 5 nitrogen and oxygen atoms in total. The molecule has 0 unspecified atom stereocenters. The molecule has 0 radical (unpaired) electrons. The van der Waals surface area contributed by atoms with Crippen molar-refractivity contribution in [2.45, 2.75) is 26.5 Å². The van der Waals surface area contributed by atoms with Crippen LogP contribution in [0.15, 0.2) is 36.5 Å². The minimum Gasteiger partial charge on any atom is -0.487 e. The molecule has 2 rings (SSSR count). The Morgan fingerprint density at radius 2 is 2.05 bits per heavy atom. The van der Waals surface area contributed by atoms with Crippen LogP contribution in [0, 0.1) is 0 Å².